The van der Waals surface area contributed by atoms with Gasteiger partial charge < -0.3 is 4.90 Å². The smallest absolute Gasteiger partial charge is 0.323 e. The van der Waals surface area contributed by atoms with Crippen molar-refractivity contribution in [1.29, 1.82) is 0 Å². The summed E-state index contributed by atoms with van der Waals surface area (Å²) in [4.78, 5) is 22.4. The predicted molar refractivity (Wildman–Crippen MR) is 85.8 cm³/mol. The number of thiazole rings is 1. The van der Waals surface area contributed by atoms with Crippen LogP contribution in [0.1, 0.15) is 38.0 Å². The van der Waals surface area contributed by atoms with E-state index in [-0.39, 0.29) is 6.03 Å². The number of rotatable bonds is 2. The lowest BCUT2D eigenvalue weighted by molar-refractivity contribution is 0.149. The van der Waals surface area contributed by atoms with Crippen molar-refractivity contribution in [3.63, 3.8) is 0 Å². The summed E-state index contributed by atoms with van der Waals surface area (Å²) < 4.78 is 0. The highest BCUT2D eigenvalue weighted by molar-refractivity contribution is 7.15. The maximum absolute atomic E-state index is 12.4. The zero-order valence-electron chi connectivity index (χ0n) is 13.0. The molecule has 6 heteroatoms. The Hall–Kier alpha value is -1.14. The zero-order valence-corrected chi connectivity index (χ0v) is 13.8. The maximum Gasteiger partial charge on any atom is 0.323 e. The summed E-state index contributed by atoms with van der Waals surface area (Å²) in [6.45, 7) is 8.21. The van der Waals surface area contributed by atoms with Gasteiger partial charge in [0.15, 0.2) is 5.13 Å². The van der Waals surface area contributed by atoms with E-state index in [9.17, 15) is 4.79 Å². The standard InChI is InChI=1S/C15H24N4OS/c1-10(2)19-12-4-5-13(19)9-18(7-6-12)15(20)17-14-16-8-11(3)21-14/h8,10,12-13H,4-7,9H2,1-3H3,(H,16,17,20)/t12-,13+/m1/s1. The minimum absolute atomic E-state index is 0.000561. The fourth-order valence-corrected chi connectivity index (χ4v) is 4.38. The van der Waals surface area contributed by atoms with Crippen LogP contribution in [0.3, 0.4) is 0 Å². The fraction of sp³-hybridized carbons (Fsp3) is 0.733. The molecule has 2 amide bonds. The van der Waals surface area contributed by atoms with Gasteiger partial charge in [-0.25, -0.2) is 9.78 Å². The third-order valence-corrected chi connectivity index (χ3v) is 5.39. The van der Waals surface area contributed by atoms with Crippen LogP contribution in [-0.4, -0.2) is 52.0 Å². The molecule has 1 aromatic heterocycles. The highest BCUT2D eigenvalue weighted by atomic mass is 32.1. The average molecular weight is 308 g/mol. The van der Waals surface area contributed by atoms with Gasteiger partial charge in [-0.2, -0.15) is 0 Å². The number of aromatic nitrogens is 1. The summed E-state index contributed by atoms with van der Waals surface area (Å²) in [6.07, 6.45) is 5.37. The van der Waals surface area contributed by atoms with Crippen LogP contribution in [0.2, 0.25) is 0 Å². The van der Waals surface area contributed by atoms with Crippen LogP contribution >= 0.6 is 11.3 Å². The van der Waals surface area contributed by atoms with E-state index in [1.165, 1.54) is 24.2 Å². The molecule has 2 aliphatic rings. The first-order chi connectivity index (χ1) is 10.0. The van der Waals surface area contributed by atoms with Gasteiger partial charge in [0.1, 0.15) is 0 Å². The summed E-state index contributed by atoms with van der Waals surface area (Å²) in [7, 11) is 0. The molecule has 0 aliphatic carbocycles. The second-order valence-electron chi connectivity index (χ2n) is 6.37. The third-order valence-electron chi connectivity index (χ3n) is 4.56. The first-order valence-corrected chi connectivity index (χ1v) is 8.62. The van der Waals surface area contributed by atoms with Crippen molar-refractivity contribution in [2.75, 3.05) is 18.4 Å². The Morgan fingerprint density at radius 1 is 1.38 bits per heavy atom. The number of nitrogens with zero attached hydrogens (tertiary/aromatic N) is 3. The number of fused-ring (bicyclic) bond motifs is 2. The summed E-state index contributed by atoms with van der Waals surface area (Å²) in [5.74, 6) is 0. The summed E-state index contributed by atoms with van der Waals surface area (Å²) in [5.41, 5.74) is 0. The van der Waals surface area contributed by atoms with E-state index in [1.807, 2.05) is 11.8 Å². The van der Waals surface area contributed by atoms with Crippen molar-refractivity contribution in [2.24, 2.45) is 0 Å². The highest BCUT2D eigenvalue weighted by Crippen LogP contribution is 2.32. The van der Waals surface area contributed by atoms with E-state index in [0.29, 0.717) is 23.3 Å². The highest BCUT2D eigenvalue weighted by Gasteiger charge is 2.39. The van der Waals surface area contributed by atoms with Gasteiger partial charge in [0.25, 0.3) is 0 Å². The van der Waals surface area contributed by atoms with Gasteiger partial charge in [0.2, 0.25) is 0 Å². The van der Waals surface area contributed by atoms with E-state index in [1.54, 1.807) is 6.20 Å². The quantitative estimate of drug-likeness (QED) is 0.914. The molecule has 116 valence electrons. The summed E-state index contributed by atoms with van der Waals surface area (Å²) >= 11 is 1.53. The van der Waals surface area contributed by atoms with Crippen LogP contribution in [-0.2, 0) is 0 Å². The van der Waals surface area contributed by atoms with Gasteiger partial charge in [0.05, 0.1) is 0 Å². The van der Waals surface area contributed by atoms with E-state index in [2.05, 4.69) is 29.0 Å². The SMILES string of the molecule is Cc1cnc(NC(=O)N2CC[C@H]3CC[C@@H](C2)N3C(C)C)s1. The molecule has 0 aromatic carbocycles. The molecule has 0 saturated carbocycles. The van der Waals surface area contributed by atoms with E-state index in [4.69, 9.17) is 0 Å². The van der Waals surface area contributed by atoms with Crippen LogP contribution in [0, 0.1) is 6.92 Å². The molecule has 1 aromatic rings. The zero-order chi connectivity index (χ0) is 15.0. The Morgan fingerprint density at radius 3 is 2.81 bits per heavy atom. The van der Waals surface area contributed by atoms with Crippen molar-refractivity contribution < 1.29 is 4.79 Å². The Bertz CT molecular complexity index is 516. The number of nitrogens with one attached hydrogen (secondary N) is 1. The van der Waals surface area contributed by atoms with Crippen LogP contribution < -0.4 is 5.32 Å². The third kappa shape index (κ3) is 3.06. The number of urea groups is 1. The second-order valence-corrected chi connectivity index (χ2v) is 7.60. The van der Waals surface area contributed by atoms with Crippen molar-refractivity contribution in [2.45, 2.75) is 58.2 Å². The second kappa shape index (κ2) is 5.93. The van der Waals surface area contributed by atoms with E-state index >= 15 is 0 Å². The first-order valence-electron chi connectivity index (χ1n) is 7.80. The fourth-order valence-electron chi connectivity index (χ4n) is 3.72. The molecule has 0 spiro atoms. The predicted octanol–water partition coefficient (Wildman–Crippen LogP) is 2.93. The molecule has 2 saturated heterocycles. The monoisotopic (exact) mass is 308 g/mol. The van der Waals surface area contributed by atoms with Crippen LogP contribution in [0.5, 0.6) is 0 Å². The van der Waals surface area contributed by atoms with Crippen molar-refractivity contribution in [1.82, 2.24) is 14.8 Å². The molecule has 0 unspecified atom stereocenters. The van der Waals surface area contributed by atoms with Crippen molar-refractivity contribution >= 4 is 22.5 Å². The lowest BCUT2D eigenvalue weighted by Crippen LogP contribution is -2.45. The van der Waals surface area contributed by atoms with Crippen LogP contribution in [0.4, 0.5) is 9.93 Å². The molecule has 2 aliphatic heterocycles. The molecule has 2 bridgehead atoms. The minimum atomic E-state index is 0.000561. The summed E-state index contributed by atoms with van der Waals surface area (Å²) in [5, 5.41) is 3.64. The van der Waals surface area contributed by atoms with Gasteiger partial charge >= 0.3 is 6.03 Å². The molecule has 3 rings (SSSR count). The number of amides is 2. The van der Waals surface area contributed by atoms with E-state index in [0.717, 1.165) is 24.4 Å². The maximum atomic E-state index is 12.4. The number of hydrogen-bond acceptors (Lipinski definition) is 4. The van der Waals surface area contributed by atoms with Gasteiger partial charge in [-0.15, -0.1) is 11.3 Å². The molecule has 2 fully saturated rings. The first kappa shape index (κ1) is 14.8. The normalized spacial score (nSPS) is 26.2. The Kier molecular flexibility index (Phi) is 4.17. The molecule has 21 heavy (non-hydrogen) atoms. The number of likely N-dealkylation sites (tertiary alicyclic amines) is 1. The molecular weight excluding hydrogens is 284 g/mol. The lowest BCUT2D eigenvalue weighted by Gasteiger charge is -2.32. The van der Waals surface area contributed by atoms with Crippen LogP contribution in [0.25, 0.3) is 0 Å². The van der Waals surface area contributed by atoms with Crippen molar-refractivity contribution in [3.05, 3.63) is 11.1 Å². The Balaban J connectivity index is 1.66. The molecule has 0 radical (unpaired) electrons. The van der Waals surface area contributed by atoms with Gasteiger partial charge in [-0.1, -0.05) is 0 Å². The Morgan fingerprint density at radius 2 is 2.14 bits per heavy atom. The topological polar surface area (TPSA) is 48.5 Å². The number of carbonyl (C=O) groups is 1. The minimum Gasteiger partial charge on any atom is -0.323 e. The number of anilines is 1. The number of aryl methyl sites for hydroxylation is 1. The number of hydrogen-bond donors (Lipinski definition) is 1. The van der Waals surface area contributed by atoms with Crippen molar-refractivity contribution in [3.8, 4) is 0 Å². The molecule has 1 N–H and O–H groups in total. The average Bonchev–Trinajstić information content (AvgIpc) is 2.92. The van der Waals surface area contributed by atoms with Crippen LogP contribution in [0.15, 0.2) is 6.20 Å². The number of carbonyl (C=O) groups excluding carboxylic acids is 1. The molecule has 3 heterocycles. The van der Waals surface area contributed by atoms with Gasteiger partial charge in [-0.05, 0) is 40.0 Å². The van der Waals surface area contributed by atoms with Gasteiger partial charge in [0, 0.05) is 42.3 Å². The molecule has 5 nitrogen and oxygen atoms in total. The van der Waals surface area contributed by atoms with Gasteiger partial charge in [-0.3, -0.25) is 10.2 Å². The molecule has 2 atom stereocenters. The Labute approximate surface area is 130 Å². The lowest BCUT2D eigenvalue weighted by atomic mass is 10.1. The van der Waals surface area contributed by atoms with E-state index < -0.39 is 0 Å². The summed E-state index contributed by atoms with van der Waals surface area (Å²) in [6, 6.07) is 1.73. The molecular formula is C15H24N4OS. The largest absolute Gasteiger partial charge is 0.323 e.